The summed E-state index contributed by atoms with van der Waals surface area (Å²) in [7, 11) is 0. The molecule has 1 aliphatic heterocycles. The summed E-state index contributed by atoms with van der Waals surface area (Å²) >= 11 is 0. The fourth-order valence-electron chi connectivity index (χ4n) is 6.09. The van der Waals surface area contributed by atoms with Crippen molar-refractivity contribution in [3.63, 3.8) is 0 Å². The second-order valence-corrected chi connectivity index (χ2v) is 10.7. The molecular formula is C31H37N3O3. The Bertz CT molecular complexity index is 1250. The lowest BCUT2D eigenvalue weighted by Gasteiger charge is -2.32. The number of benzene rings is 2. The van der Waals surface area contributed by atoms with Crippen LogP contribution in [0.5, 0.6) is 0 Å². The van der Waals surface area contributed by atoms with Gasteiger partial charge in [-0.15, -0.1) is 0 Å². The molecule has 5 rings (SSSR count). The van der Waals surface area contributed by atoms with E-state index in [4.69, 9.17) is 4.98 Å². The maximum Gasteiger partial charge on any atom is 0.306 e. The van der Waals surface area contributed by atoms with Gasteiger partial charge in [-0.3, -0.25) is 14.5 Å². The molecule has 1 saturated heterocycles. The lowest BCUT2D eigenvalue weighted by molar-refractivity contribution is -0.143. The molecule has 37 heavy (non-hydrogen) atoms. The van der Waals surface area contributed by atoms with Gasteiger partial charge in [-0.05, 0) is 57.7 Å². The summed E-state index contributed by atoms with van der Waals surface area (Å²) in [4.78, 5) is 32.9. The van der Waals surface area contributed by atoms with Gasteiger partial charge in [-0.1, -0.05) is 67.8 Å². The number of aliphatic carboxylic acids is 1. The van der Waals surface area contributed by atoms with Gasteiger partial charge in [-0.25, -0.2) is 4.98 Å². The average molecular weight is 500 g/mol. The van der Waals surface area contributed by atoms with E-state index in [2.05, 4.69) is 17.1 Å². The Kier molecular flexibility index (Phi) is 7.85. The molecule has 1 atom stereocenters. The minimum atomic E-state index is -0.714. The smallest absolute Gasteiger partial charge is 0.306 e. The molecule has 2 N–H and O–H groups in total. The van der Waals surface area contributed by atoms with Crippen LogP contribution >= 0.6 is 0 Å². The molecule has 1 saturated carbocycles. The third-order valence-electron chi connectivity index (χ3n) is 8.30. The highest BCUT2D eigenvalue weighted by molar-refractivity contribution is 6.09. The summed E-state index contributed by atoms with van der Waals surface area (Å²) in [6.07, 6.45) is 7.33. The highest BCUT2D eigenvalue weighted by atomic mass is 16.4. The third kappa shape index (κ3) is 5.69. The van der Waals surface area contributed by atoms with Crippen molar-refractivity contribution in [2.75, 3.05) is 13.1 Å². The molecule has 0 bridgehead atoms. The number of hydrogen-bond acceptors (Lipinski definition) is 4. The number of fused-ring (bicyclic) bond motifs is 1. The van der Waals surface area contributed by atoms with Crippen LogP contribution in [0.4, 0.5) is 0 Å². The number of carbonyl (C=O) groups excluding carboxylic acids is 1. The van der Waals surface area contributed by atoms with Crippen molar-refractivity contribution in [3.05, 3.63) is 65.7 Å². The van der Waals surface area contributed by atoms with Crippen molar-refractivity contribution < 1.29 is 14.7 Å². The summed E-state index contributed by atoms with van der Waals surface area (Å²) < 4.78 is 0. The van der Waals surface area contributed by atoms with E-state index in [1.54, 1.807) is 0 Å². The van der Waals surface area contributed by atoms with Crippen LogP contribution in [0.25, 0.3) is 22.2 Å². The van der Waals surface area contributed by atoms with Crippen LogP contribution in [-0.4, -0.2) is 46.0 Å². The zero-order valence-corrected chi connectivity index (χ0v) is 21.7. The number of carboxylic acid groups (broad SMARTS) is 1. The summed E-state index contributed by atoms with van der Waals surface area (Å²) in [6, 6.07) is 18.1. The van der Waals surface area contributed by atoms with E-state index >= 15 is 0 Å². The standard InChI is InChI=1S/C31H37N3O3/c1-21(22-10-4-2-5-11-22)32-30(35)28-25-14-8-9-15-27(25)33-29(23-12-6-3-7-13-23)26(28)20-34-18-16-24(17-19-34)31(36)37/h3,6-9,12-15,21-22,24H,2,4-5,10-11,16-20H2,1H3,(H,32,35)(H,36,37)/t21-/m0/s1. The Balaban J connectivity index is 1.55. The molecule has 2 aliphatic rings. The van der Waals surface area contributed by atoms with Gasteiger partial charge in [-0.2, -0.15) is 0 Å². The van der Waals surface area contributed by atoms with E-state index < -0.39 is 5.97 Å². The van der Waals surface area contributed by atoms with E-state index in [1.165, 1.54) is 32.1 Å². The molecule has 2 heterocycles. The minimum absolute atomic E-state index is 0.0377. The number of para-hydroxylation sites is 1. The average Bonchev–Trinajstić information content (AvgIpc) is 2.93. The number of nitrogens with one attached hydrogen (secondary N) is 1. The van der Waals surface area contributed by atoms with Crippen LogP contribution in [0, 0.1) is 11.8 Å². The molecule has 1 aromatic heterocycles. The summed E-state index contributed by atoms with van der Waals surface area (Å²) in [5.41, 5.74) is 4.25. The largest absolute Gasteiger partial charge is 0.481 e. The van der Waals surface area contributed by atoms with Crippen molar-refractivity contribution in [2.45, 2.75) is 64.5 Å². The van der Waals surface area contributed by atoms with E-state index in [9.17, 15) is 14.7 Å². The molecule has 6 nitrogen and oxygen atoms in total. The van der Waals surface area contributed by atoms with Crippen LogP contribution in [0.2, 0.25) is 0 Å². The molecule has 6 heteroatoms. The number of rotatable bonds is 7. The zero-order chi connectivity index (χ0) is 25.8. The first-order valence-corrected chi connectivity index (χ1v) is 13.7. The van der Waals surface area contributed by atoms with Gasteiger partial charge < -0.3 is 10.4 Å². The number of hydrogen-bond donors (Lipinski definition) is 2. The Hall–Kier alpha value is -3.25. The molecule has 1 aliphatic carbocycles. The molecule has 3 aromatic rings. The van der Waals surface area contributed by atoms with Crippen molar-refractivity contribution in [3.8, 4) is 11.3 Å². The van der Waals surface area contributed by atoms with Crippen molar-refractivity contribution in [2.24, 2.45) is 11.8 Å². The lowest BCUT2D eigenvalue weighted by atomic mass is 9.84. The molecule has 2 aromatic carbocycles. The first kappa shape index (κ1) is 25.4. The highest BCUT2D eigenvalue weighted by Gasteiger charge is 2.29. The van der Waals surface area contributed by atoms with Crippen molar-refractivity contribution in [1.29, 1.82) is 0 Å². The number of pyridine rings is 1. The number of likely N-dealkylation sites (tertiary alicyclic amines) is 1. The van der Waals surface area contributed by atoms with Gasteiger partial charge >= 0.3 is 5.97 Å². The van der Waals surface area contributed by atoms with Gasteiger partial charge in [0.2, 0.25) is 0 Å². The maximum absolute atomic E-state index is 14.1. The number of amides is 1. The van der Waals surface area contributed by atoms with Gasteiger partial charge in [0.1, 0.15) is 0 Å². The number of carboxylic acids is 1. The predicted octanol–water partition coefficient (Wildman–Crippen LogP) is 5.90. The van der Waals surface area contributed by atoms with Crippen molar-refractivity contribution in [1.82, 2.24) is 15.2 Å². The fraction of sp³-hybridized carbons (Fsp3) is 0.452. The van der Waals surface area contributed by atoms with Gasteiger partial charge in [0.15, 0.2) is 0 Å². The van der Waals surface area contributed by atoms with Gasteiger partial charge in [0.25, 0.3) is 5.91 Å². The summed E-state index contributed by atoms with van der Waals surface area (Å²) in [6.45, 7) is 4.09. The summed E-state index contributed by atoms with van der Waals surface area (Å²) in [5, 5.41) is 13.7. The van der Waals surface area contributed by atoms with Crippen LogP contribution in [-0.2, 0) is 11.3 Å². The second-order valence-electron chi connectivity index (χ2n) is 10.7. The quantitative estimate of drug-likeness (QED) is 0.423. The van der Waals surface area contributed by atoms with Crippen LogP contribution in [0.3, 0.4) is 0 Å². The first-order valence-electron chi connectivity index (χ1n) is 13.7. The topological polar surface area (TPSA) is 82.5 Å². The monoisotopic (exact) mass is 499 g/mol. The first-order chi connectivity index (χ1) is 18.0. The minimum Gasteiger partial charge on any atom is -0.481 e. The maximum atomic E-state index is 14.1. The fourth-order valence-corrected chi connectivity index (χ4v) is 6.09. The number of nitrogens with zero attached hydrogens (tertiary/aromatic N) is 2. The van der Waals surface area contributed by atoms with E-state index in [0.29, 0.717) is 44.0 Å². The van der Waals surface area contributed by atoms with E-state index in [1.807, 2.05) is 54.6 Å². The Labute approximate surface area is 219 Å². The third-order valence-corrected chi connectivity index (χ3v) is 8.30. The Morgan fingerprint density at radius 3 is 2.35 bits per heavy atom. The summed E-state index contributed by atoms with van der Waals surface area (Å²) in [5.74, 6) is -0.533. The lowest BCUT2D eigenvalue weighted by Crippen LogP contribution is -2.40. The number of aromatic nitrogens is 1. The molecule has 2 fully saturated rings. The van der Waals surface area contributed by atoms with Crippen LogP contribution < -0.4 is 5.32 Å². The molecule has 0 unspecified atom stereocenters. The normalized spacial score (nSPS) is 18.5. The molecule has 194 valence electrons. The highest BCUT2D eigenvalue weighted by Crippen LogP contribution is 2.33. The van der Waals surface area contributed by atoms with E-state index in [0.717, 1.165) is 27.7 Å². The molecule has 1 amide bonds. The van der Waals surface area contributed by atoms with E-state index in [-0.39, 0.29) is 17.9 Å². The molecular weight excluding hydrogens is 462 g/mol. The molecule has 0 radical (unpaired) electrons. The van der Waals surface area contributed by atoms with Gasteiger partial charge in [0, 0.05) is 29.1 Å². The predicted molar refractivity (Wildman–Crippen MR) is 146 cm³/mol. The number of carbonyl (C=O) groups is 2. The SMILES string of the molecule is C[C@H](NC(=O)c1c(CN2CCC(C(=O)O)CC2)c(-c2ccccc2)nc2ccccc12)C1CCCCC1. The molecule has 0 spiro atoms. The zero-order valence-electron chi connectivity index (χ0n) is 21.7. The van der Waals surface area contributed by atoms with Crippen LogP contribution in [0.1, 0.15) is 67.8 Å². The Morgan fingerprint density at radius 2 is 1.65 bits per heavy atom. The van der Waals surface area contributed by atoms with Crippen molar-refractivity contribution >= 4 is 22.8 Å². The number of piperidine rings is 1. The van der Waals surface area contributed by atoms with Gasteiger partial charge in [0.05, 0.1) is 22.7 Å². The Morgan fingerprint density at radius 1 is 0.973 bits per heavy atom. The second kappa shape index (κ2) is 11.4. The van der Waals surface area contributed by atoms with Crippen LogP contribution in [0.15, 0.2) is 54.6 Å².